The molecule has 1 saturated heterocycles. The molecule has 0 radical (unpaired) electrons. The maximum atomic E-state index is 12.7. The molecule has 0 saturated carbocycles. The number of hydrogen-bond acceptors (Lipinski definition) is 4. The zero-order chi connectivity index (χ0) is 16.0. The zero-order valence-electron chi connectivity index (χ0n) is 12.8. The van der Waals surface area contributed by atoms with Crippen molar-refractivity contribution in [2.75, 3.05) is 18.6 Å². The van der Waals surface area contributed by atoms with Crippen molar-refractivity contribution in [3.8, 4) is 0 Å². The number of rotatable bonds is 3. The molecule has 5 nitrogen and oxygen atoms in total. The fraction of sp³-hybridized carbons (Fsp3) is 0.571. The molecule has 7 heteroatoms. The molecule has 1 aromatic rings. The third-order valence-corrected chi connectivity index (χ3v) is 7.97. The summed E-state index contributed by atoms with van der Waals surface area (Å²) in [6.07, 6.45) is 0.363. The minimum Gasteiger partial charge on any atom is -0.229 e. The third kappa shape index (κ3) is 3.14. The van der Waals surface area contributed by atoms with Crippen LogP contribution in [0, 0.1) is 20.8 Å². The molecule has 0 amide bonds. The van der Waals surface area contributed by atoms with E-state index in [0.717, 1.165) is 11.1 Å². The molecule has 1 aromatic carbocycles. The summed E-state index contributed by atoms with van der Waals surface area (Å²) in [6.45, 7) is 5.57. The maximum Gasteiger partial charge on any atom is 0.243 e. The van der Waals surface area contributed by atoms with E-state index in [1.807, 2.05) is 19.9 Å². The van der Waals surface area contributed by atoms with E-state index in [9.17, 15) is 16.8 Å². The summed E-state index contributed by atoms with van der Waals surface area (Å²) in [5.41, 5.74) is 2.63. The minimum absolute atomic E-state index is 0.0590. The first-order valence-corrected chi connectivity index (χ1v) is 10.1. The van der Waals surface area contributed by atoms with Crippen molar-refractivity contribution >= 4 is 19.9 Å². The first kappa shape index (κ1) is 16.5. The molecule has 0 bridgehead atoms. The fourth-order valence-corrected chi connectivity index (χ4v) is 6.17. The predicted octanol–water partition coefficient (Wildman–Crippen LogP) is 1.42. The topological polar surface area (TPSA) is 71.5 Å². The second-order valence-electron chi connectivity index (χ2n) is 5.78. The Morgan fingerprint density at radius 2 is 1.67 bits per heavy atom. The molecular weight excluding hydrogens is 310 g/mol. The van der Waals surface area contributed by atoms with Crippen LogP contribution in [0.25, 0.3) is 0 Å². The van der Waals surface area contributed by atoms with E-state index >= 15 is 0 Å². The molecule has 1 fully saturated rings. The number of aryl methyl sites for hydroxylation is 3. The molecule has 0 N–H and O–H groups in total. The predicted molar refractivity (Wildman–Crippen MR) is 82.7 cm³/mol. The Balaban J connectivity index is 2.41. The monoisotopic (exact) mass is 331 g/mol. The lowest BCUT2D eigenvalue weighted by atomic mass is 10.1. The van der Waals surface area contributed by atoms with Crippen LogP contribution in [0.5, 0.6) is 0 Å². The van der Waals surface area contributed by atoms with Gasteiger partial charge in [0, 0.05) is 13.1 Å². The van der Waals surface area contributed by atoms with Crippen LogP contribution in [0.4, 0.5) is 0 Å². The van der Waals surface area contributed by atoms with Gasteiger partial charge in [0.2, 0.25) is 10.0 Å². The highest BCUT2D eigenvalue weighted by Gasteiger charge is 2.37. The van der Waals surface area contributed by atoms with Crippen molar-refractivity contribution in [1.82, 2.24) is 4.31 Å². The molecule has 0 aliphatic carbocycles. The van der Waals surface area contributed by atoms with Gasteiger partial charge < -0.3 is 0 Å². The first-order valence-electron chi connectivity index (χ1n) is 6.81. The van der Waals surface area contributed by atoms with Crippen LogP contribution in [0.2, 0.25) is 0 Å². The standard InChI is InChI=1S/C14H21NO4S2/c1-10-7-12(3)14(8-11(10)2)21(18,19)15(4)13-5-6-20(16,17)9-13/h7-8,13H,5-6,9H2,1-4H3/t13-/m0/s1. The smallest absolute Gasteiger partial charge is 0.229 e. The van der Waals surface area contributed by atoms with Gasteiger partial charge in [-0.3, -0.25) is 0 Å². The van der Waals surface area contributed by atoms with Gasteiger partial charge in [-0.15, -0.1) is 0 Å². The highest BCUT2D eigenvalue weighted by molar-refractivity contribution is 7.92. The molecule has 0 spiro atoms. The summed E-state index contributed by atoms with van der Waals surface area (Å²) in [6, 6.07) is 3.04. The summed E-state index contributed by atoms with van der Waals surface area (Å²) in [7, 11) is -5.32. The summed E-state index contributed by atoms with van der Waals surface area (Å²) in [5, 5.41) is 0. The summed E-state index contributed by atoms with van der Waals surface area (Å²) in [4.78, 5) is 0.261. The average molecular weight is 331 g/mol. The van der Waals surface area contributed by atoms with Crippen molar-refractivity contribution < 1.29 is 16.8 Å². The second kappa shape index (κ2) is 5.37. The van der Waals surface area contributed by atoms with E-state index in [1.54, 1.807) is 13.0 Å². The van der Waals surface area contributed by atoms with Gasteiger partial charge in [0.05, 0.1) is 16.4 Å². The summed E-state index contributed by atoms with van der Waals surface area (Å²) < 4.78 is 49.8. The Kier molecular flexibility index (Phi) is 4.21. The fourth-order valence-electron chi connectivity index (χ4n) is 2.63. The van der Waals surface area contributed by atoms with Gasteiger partial charge >= 0.3 is 0 Å². The van der Waals surface area contributed by atoms with Crippen LogP contribution in [0.15, 0.2) is 17.0 Å². The molecule has 1 aliphatic heterocycles. The van der Waals surface area contributed by atoms with E-state index in [1.165, 1.54) is 11.4 Å². The molecule has 118 valence electrons. The van der Waals surface area contributed by atoms with Crippen LogP contribution in [0.3, 0.4) is 0 Å². The van der Waals surface area contributed by atoms with Crippen LogP contribution < -0.4 is 0 Å². The average Bonchev–Trinajstić information content (AvgIpc) is 2.73. The van der Waals surface area contributed by atoms with Crippen molar-refractivity contribution in [3.05, 3.63) is 28.8 Å². The number of nitrogens with zero attached hydrogens (tertiary/aromatic N) is 1. The Labute approximate surface area is 126 Å². The second-order valence-corrected chi connectivity index (χ2v) is 9.97. The normalized spacial score (nSPS) is 21.9. The van der Waals surface area contributed by atoms with Gasteiger partial charge in [-0.1, -0.05) is 6.07 Å². The van der Waals surface area contributed by atoms with Gasteiger partial charge in [0.15, 0.2) is 9.84 Å². The Bertz CT molecular complexity index is 766. The number of hydrogen-bond donors (Lipinski definition) is 0. The number of benzene rings is 1. The molecule has 0 unspecified atom stereocenters. The number of sulfone groups is 1. The van der Waals surface area contributed by atoms with Gasteiger partial charge in [0.25, 0.3) is 0 Å². The highest BCUT2D eigenvalue weighted by Crippen LogP contribution is 2.27. The highest BCUT2D eigenvalue weighted by atomic mass is 32.2. The van der Waals surface area contributed by atoms with E-state index < -0.39 is 25.9 Å². The van der Waals surface area contributed by atoms with Crippen molar-refractivity contribution in [1.29, 1.82) is 0 Å². The number of sulfonamides is 1. The largest absolute Gasteiger partial charge is 0.243 e. The SMILES string of the molecule is Cc1cc(C)c(S(=O)(=O)N(C)[C@H]2CCS(=O)(=O)C2)cc1C. The molecule has 2 rings (SSSR count). The minimum atomic E-state index is -3.67. The molecule has 0 aromatic heterocycles. The summed E-state index contributed by atoms with van der Waals surface area (Å²) in [5.74, 6) is -0.0317. The molecule has 1 atom stereocenters. The molecule has 1 heterocycles. The Hall–Kier alpha value is -0.920. The van der Waals surface area contributed by atoms with E-state index in [4.69, 9.17) is 0 Å². The van der Waals surface area contributed by atoms with E-state index in [-0.39, 0.29) is 16.4 Å². The lowest BCUT2D eigenvalue weighted by molar-refractivity contribution is 0.393. The van der Waals surface area contributed by atoms with Gasteiger partial charge in [-0.2, -0.15) is 4.31 Å². The Morgan fingerprint density at radius 1 is 1.10 bits per heavy atom. The summed E-state index contributed by atoms with van der Waals surface area (Å²) >= 11 is 0. The lowest BCUT2D eigenvalue weighted by Gasteiger charge is -2.24. The van der Waals surface area contributed by atoms with Crippen LogP contribution in [-0.2, 0) is 19.9 Å². The van der Waals surface area contributed by atoms with Crippen molar-refractivity contribution in [2.45, 2.75) is 38.1 Å². The van der Waals surface area contributed by atoms with Crippen LogP contribution in [0.1, 0.15) is 23.1 Å². The van der Waals surface area contributed by atoms with Gasteiger partial charge in [-0.05, 0) is 49.9 Å². The quantitative estimate of drug-likeness (QED) is 0.840. The van der Waals surface area contributed by atoms with E-state index in [2.05, 4.69) is 0 Å². The Morgan fingerprint density at radius 3 is 2.19 bits per heavy atom. The van der Waals surface area contributed by atoms with Crippen LogP contribution in [-0.4, -0.2) is 45.7 Å². The maximum absolute atomic E-state index is 12.7. The van der Waals surface area contributed by atoms with Gasteiger partial charge in [-0.25, -0.2) is 16.8 Å². The first-order chi connectivity index (χ1) is 9.54. The third-order valence-electron chi connectivity index (χ3n) is 4.17. The lowest BCUT2D eigenvalue weighted by Crippen LogP contribution is -2.38. The molecule has 1 aliphatic rings. The van der Waals surface area contributed by atoms with Crippen LogP contribution >= 0.6 is 0 Å². The van der Waals surface area contributed by atoms with Gasteiger partial charge in [0.1, 0.15) is 0 Å². The van der Waals surface area contributed by atoms with Crippen molar-refractivity contribution in [2.24, 2.45) is 0 Å². The molecular formula is C14H21NO4S2. The molecule has 21 heavy (non-hydrogen) atoms. The van der Waals surface area contributed by atoms with Crippen molar-refractivity contribution in [3.63, 3.8) is 0 Å². The zero-order valence-corrected chi connectivity index (χ0v) is 14.4. The van der Waals surface area contributed by atoms with E-state index in [0.29, 0.717) is 12.0 Å².